The smallest absolute Gasteiger partial charge is 0.136 e. The largest absolute Gasteiger partial charge is 0.394 e. The molecule has 0 aliphatic heterocycles. The summed E-state index contributed by atoms with van der Waals surface area (Å²) in [7, 11) is 1.86. The van der Waals surface area contributed by atoms with E-state index in [2.05, 4.69) is 26.3 Å². The number of para-hydroxylation sites is 1. The molecule has 2 rings (SSSR count). The van der Waals surface area contributed by atoms with Gasteiger partial charge in [0.15, 0.2) is 0 Å². The van der Waals surface area contributed by atoms with Gasteiger partial charge in [0.25, 0.3) is 0 Å². The standard InChI is InChI=1S/C11H14BrN3O2/c1-15-10-8(11(12)14-15)3-2-4-9(10)13-5-7(17)6-16/h2-4,7,13,16-17H,5-6H2,1H3. The van der Waals surface area contributed by atoms with E-state index in [0.717, 1.165) is 21.2 Å². The van der Waals surface area contributed by atoms with Gasteiger partial charge in [-0.05, 0) is 28.1 Å². The number of anilines is 1. The highest BCUT2D eigenvalue weighted by atomic mass is 79.9. The van der Waals surface area contributed by atoms with Crippen molar-refractivity contribution in [3.05, 3.63) is 22.8 Å². The molecule has 6 heteroatoms. The number of aryl methyl sites for hydroxylation is 1. The Balaban J connectivity index is 2.34. The van der Waals surface area contributed by atoms with Crippen LogP contribution in [0.3, 0.4) is 0 Å². The fourth-order valence-corrected chi connectivity index (χ4v) is 2.29. The van der Waals surface area contributed by atoms with Crippen molar-refractivity contribution in [3.8, 4) is 0 Å². The molecular weight excluding hydrogens is 286 g/mol. The third kappa shape index (κ3) is 2.43. The predicted octanol–water partition coefficient (Wildman–Crippen LogP) is 1.10. The molecule has 0 bridgehead atoms. The van der Waals surface area contributed by atoms with Gasteiger partial charge in [-0.2, -0.15) is 5.10 Å². The number of hydrogen-bond donors (Lipinski definition) is 3. The topological polar surface area (TPSA) is 70.3 Å². The summed E-state index contributed by atoms with van der Waals surface area (Å²) >= 11 is 3.40. The van der Waals surface area contributed by atoms with Crippen LogP contribution in [0.25, 0.3) is 10.9 Å². The fourth-order valence-electron chi connectivity index (χ4n) is 1.73. The van der Waals surface area contributed by atoms with Crippen LogP contribution >= 0.6 is 15.9 Å². The second-order valence-electron chi connectivity index (χ2n) is 3.83. The maximum Gasteiger partial charge on any atom is 0.136 e. The van der Waals surface area contributed by atoms with Crippen molar-refractivity contribution in [1.29, 1.82) is 0 Å². The van der Waals surface area contributed by atoms with Gasteiger partial charge in [-0.1, -0.05) is 6.07 Å². The second kappa shape index (κ2) is 5.03. The monoisotopic (exact) mass is 299 g/mol. The molecule has 5 nitrogen and oxygen atoms in total. The average molecular weight is 300 g/mol. The number of benzene rings is 1. The molecule has 92 valence electrons. The van der Waals surface area contributed by atoms with Crippen molar-refractivity contribution in [2.45, 2.75) is 6.10 Å². The van der Waals surface area contributed by atoms with Crippen molar-refractivity contribution < 1.29 is 10.2 Å². The quantitative estimate of drug-likeness (QED) is 0.791. The van der Waals surface area contributed by atoms with E-state index in [9.17, 15) is 5.11 Å². The molecule has 0 saturated heterocycles. The number of aliphatic hydroxyl groups is 2. The fraction of sp³-hybridized carbons (Fsp3) is 0.364. The van der Waals surface area contributed by atoms with Crippen molar-refractivity contribution in [2.75, 3.05) is 18.5 Å². The van der Waals surface area contributed by atoms with E-state index in [-0.39, 0.29) is 6.61 Å². The lowest BCUT2D eigenvalue weighted by molar-refractivity contribution is 0.105. The van der Waals surface area contributed by atoms with Crippen molar-refractivity contribution in [2.24, 2.45) is 7.05 Å². The number of aromatic nitrogens is 2. The van der Waals surface area contributed by atoms with Gasteiger partial charge < -0.3 is 15.5 Å². The zero-order valence-electron chi connectivity index (χ0n) is 9.39. The average Bonchev–Trinajstić information content (AvgIpc) is 2.63. The molecule has 1 atom stereocenters. The minimum Gasteiger partial charge on any atom is -0.394 e. The van der Waals surface area contributed by atoms with Crippen LogP contribution in [0.4, 0.5) is 5.69 Å². The summed E-state index contributed by atoms with van der Waals surface area (Å²) in [6, 6.07) is 5.81. The van der Waals surface area contributed by atoms with Crippen LogP contribution in [0.2, 0.25) is 0 Å². The predicted molar refractivity (Wildman–Crippen MR) is 70.0 cm³/mol. The summed E-state index contributed by atoms with van der Waals surface area (Å²) in [6.45, 7) is 0.0521. The van der Waals surface area contributed by atoms with Crippen LogP contribution in [0.15, 0.2) is 22.8 Å². The lowest BCUT2D eigenvalue weighted by atomic mass is 10.2. The van der Waals surface area contributed by atoms with Gasteiger partial charge >= 0.3 is 0 Å². The van der Waals surface area contributed by atoms with Crippen LogP contribution < -0.4 is 5.32 Å². The third-order valence-corrected chi connectivity index (χ3v) is 3.14. The Hall–Kier alpha value is -1.11. The van der Waals surface area contributed by atoms with Gasteiger partial charge in [0.2, 0.25) is 0 Å². The number of nitrogens with zero attached hydrogens (tertiary/aromatic N) is 2. The zero-order valence-corrected chi connectivity index (χ0v) is 11.0. The van der Waals surface area contributed by atoms with E-state index in [1.165, 1.54) is 0 Å². The van der Waals surface area contributed by atoms with Crippen LogP contribution in [0.5, 0.6) is 0 Å². The summed E-state index contributed by atoms with van der Waals surface area (Å²) in [6.07, 6.45) is -0.762. The molecule has 2 aromatic rings. The van der Waals surface area contributed by atoms with Crippen LogP contribution in [-0.2, 0) is 7.05 Å². The molecule has 0 amide bonds. The Morgan fingerprint density at radius 3 is 3.00 bits per heavy atom. The number of fused-ring (bicyclic) bond motifs is 1. The first kappa shape index (κ1) is 12.3. The first-order chi connectivity index (χ1) is 8.13. The van der Waals surface area contributed by atoms with Crippen molar-refractivity contribution in [3.63, 3.8) is 0 Å². The normalized spacial score (nSPS) is 12.9. The van der Waals surface area contributed by atoms with Crippen LogP contribution in [-0.4, -0.2) is 39.2 Å². The summed E-state index contributed by atoms with van der Waals surface area (Å²) < 4.78 is 2.56. The van der Waals surface area contributed by atoms with Crippen LogP contribution in [0, 0.1) is 0 Å². The third-order valence-electron chi connectivity index (χ3n) is 2.56. The van der Waals surface area contributed by atoms with Gasteiger partial charge in [-0.25, -0.2) is 0 Å². The number of hydrogen-bond acceptors (Lipinski definition) is 4. The summed E-state index contributed by atoms with van der Waals surface area (Å²) in [5, 5.41) is 26.5. The lowest BCUT2D eigenvalue weighted by Crippen LogP contribution is -2.23. The summed E-state index contributed by atoms with van der Waals surface area (Å²) in [5.41, 5.74) is 1.85. The van der Waals surface area contributed by atoms with Gasteiger partial charge in [-0.15, -0.1) is 0 Å². The van der Waals surface area contributed by atoms with Gasteiger partial charge in [-0.3, -0.25) is 4.68 Å². The number of rotatable bonds is 4. The maximum absolute atomic E-state index is 9.32. The molecule has 1 aromatic heterocycles. The Kier molecular flexibility index (Phi) is 3.66. The lowest BCUT2D eigenvalue weighted by Gasteiger charge is -2.11. The van der Waals surface area contributed by atoms with E-state index in [1.807, 2.05) is 25.2 Å². The van der Waals surface area contributed by atoms with Crippen molar-refractivity contribution >= 4 is 32.5 Å². The Morgan fingerprint density at radius 2 is 2.29 bits per heavy atom. The molecule has 0 saturated carbocycles. The molecule has 0 aliphatic carbocycles. The number of nitrogens with one attached hydrogen (secondary N) is 1. The first-order valence-electron chi connectivity index (χ1n) is 5.27. The molecule has 1 aromatic carbocycles. The minimum atomic E-state index is -0.762. The number of halogens is 1. The molecule has 0 fully saturated rings. The molecule has 0 spiro atoms. The van der Waals surface area contributed by atoms with E-state index < -0.39 is 6.10 Å². The molecule has 1 heterocycles. The number of aliphatic hydroxyl groups excluding tert-OH is 2. The Morgan fingerprint density at radius 1 is 1.53 bits per heavy atom. The Labute approximate surface area is 107 Å². The van der Waals surface area contributed by atoms with Crippen molar-refractivity contribution in [1.82, 2.24) is 9.78 Å². The highest BCUT2D eigenvalue weighted by Crippen LogP contribution is 2.28. The van der Waals surface area contributed by atoms with Gasteiger partial charge in [0.1, 0.15) is 4.60 Å². The molecule has 0 aliphatic rings. The molecular formula is C11H14BrN3O2. The molecule has 3 N–H and O–H groups in total. The SMILES string of the molecule is Cn1nc(Br)c2cccc(NCC(O)CO)c21. The van der Waals surface area contributed by atoms with Crippen LogP contribution in [0.1, 0.15) is 0 Å². The van der Waals surface area contributed by atoms with E-state index in [1.54, 1.807) is 4.68 Å². The zero-order chi connectivity index (χ0) is 12.4. The van der Waals surface area contributed by atoms with Gasteiger partial charge in [0, 0.05) is 19.0 Å². The molecule has 1 unspecified atom stereocenters. The second-order valence-corrected chi connectivity index (χ2v) is 4.58. The highest BCUT2D eigenvalue weighted by molar-refractivity contribution is 9.10. The van der Waals surface area contributed by atoms with E-state index in [4.69, 9.17) is 5.11 Å². The van der Waals surface area contributed by atoms with E-state index >= 15 is 0 Å². The Bertz CT molecular complexity index is 527. The summed E-state index contributed by atoms with van der Waals surface area (Å²) in [5.74, 6) is 0. The van der Waals surface area contributed by atoms with E-state index in [0.29, 0.717) is 6.54 Å². The minimum absolute atomic E-state index is 0.252. The van der Waals surface area contributed by atoms with Gasteiger partial charge in [0.05, 0.1) is 23.9 Å². The maximum atomic E-state index is 9.32. The first-order valence-corrected chi connectivity index (χ1v) is 6.06. The molecule has 0 radical (unpaired) electrons. The molecule has 17 heavy (non-hydrogen) atoms. The highest BCUT2D eigenvalue weighted by Gasteiger charge is 2.10. The summed E-state index contributed by atoms with van der Waals surface area (Å²) in [4.78, 5) is 0.